The van der Waals surface area contributed by atoms with E-state index in [0.29, 0.717) is 17.2 Å². The molecule has 2 atom stereocenters. The van der Waals surface area contributed by atoms with Gasteiger partial charge in [-0.1, -0.05) is 18.5 Å². The first-order valence-electron chi connectivity index (χ1n) is 6.40. The highest BCUT2D eigenvalue weighted by molar-refractivity contribution is 6.32. The summed E-state index contributed by atoms with van der Waals surface area (Å²) in [6.45, 7) is 3.44. The summed E-state index contributed by atoms with van der Waals surface area (Å²) in [4.78, 5) is 10.8. The molecule has 20 heavy (non-hydrogen) atoms. The lowest BCUT2D eigenvalue weighted by molar-refractivity contribution is -0.144. The van der Waals surface area contributed by atoms with Crippen LogP contribution in [0, 0.1) is 0 Å². The van der Waals surface area contributed by atoms with Gasteiger partial charge in [0.15, 0.2) is 17.6 Å². The van der Waals surface area contributed by atoms with Gasteiger partial charge in [0.25, 0.3) is 0 Å². The monoisotopic (exact) mass is 301 g/mol. The van der Waals surface area contributed by atoms with E-state index in [4.69, 9.17) is 31.9 Å². The van der Waals surface area contributed by atoms with Crippen LogP contribution in [-0.2, 0) is 11.2 Å². The molecule has 2 unspecified atom stereocenters. The van der Waals surface area contributed by atoms with Gasteiger partial charge in [0, 0.05) is 6.04 Å². The molecule has 0 aliphatic heterocycles. The summed E-state index contributed by atoms with van der Waals surface area (Å²) in [7, 11) is 1.48. The van der Waals surface area contributed by atoms with Crippen molar-refractivity contribution < 1.29 is 19.4 Å². The van der Waals surface area contributed by atoms with Gasteiger partial charge in [-0.25, -0.2) is 4.79 Å². The zero-order valence-electron chi connectivity index (χ0n) is 11.9. The number of carboxylic acids is 1. The van der Waals surface area contributed by atoms with Crippen molar-refractivity contribution in [1.29, 1.82) is 0 Å². The normalized spacial score (nSPS) is 13.7. The molecule has 0 bridgehead atoms. The minimum atomic E-state index is -1.07. The summed E-state index contributed by atoms with van der Waals surface area (Å²) in [5.74, 6) is -0.429. The molecular formula is C14H20ClNO4. The lowest BCUT2D eigenvalue weighted by Gasteiger charge is -2.17. The van der Waals surface area contributed by atoms with Crippen molar-refractivity contribution in [3.63, 3.8) is 0 Å². The molecule has 5 nitrogen and oxygen atoms in total. The average molecular weight is 302 g/mol. The molecule has 0 amide bonds. The van der Waals surface area contributed by atoms with Gasteiger partial charge >= 0.3 is 5.97 Å². The van der Waals surface area contributed by atoms with Crippen LogP contribution in [0.5, 0.6) is 11.5 Å². The van der Waals surface area contributed by atoms with E-state index < -0.39 is 12.1 Å². The third kappa shape index (κ3) is 4.28. The predicted octanol–water partition coefficient (Wildman–Crippen LogP) is 2.48. The number of aliphatic carboxylic acids is 1. The molecule has 0 aliphatic carbocycles. The number of carboxylic acid groups (broad SMARTS) is 1. The number of carbonyl (C=O) groups is 1. The minimum absolute atomic E-state index is 0.0421. The number of hydrogen-bond acceptors (Lipinski definition) is 4. The standard InChI is InChI=1S/C14H20ClNO4/c1-4-10(16)5-9-6-11(15)13(12(7-9)19-3)20-8(2)14(17)18/h6-8,10H,4-5,16H2,1-3H3,(H,17,18). The molecule has 0 saturated heterocycles. The van der Waals surface area contributed by atoms with E-state index in [2.05, 4.69) is 0 Å². The van der Waals surface area contributed by atoms with E-state index >= 15 is 0 Å². The van der Waals surface area contributed by atoms with Gasteiger partial charge in [0.1, 0.15) is 0 Å². The Balaban J connectivity index is 3.04. The quantitative estimate of drug-likeness (QED) is 0.808. The molecule has 6 heteroatoms. The predicted molar refractivity (Wildman–Crippen MR) is 77.7 cm³/mol. The molecule has 0 aliphatic rings. The van der Waals surface area contributed by atoms with Crippen LogP contribution in [0.15, 0.2) is 12.1 Å². The van der Waals surface area contributed by atoms with Crippen molar-refractivity contribution in [3.05, 3.63) is 22.7 Å². The Kier molecular flexibility index (Phi) is 6.10. The highest BCUT2D eigenvalue weighted by Gasteiger charge is 2.19. The van der Waals surface area contributed by atoms with E-state index in [9.17, 15) is 4.79 Å². The number of nitrogens with two attached hydrogens (primary N) is 1. The largest absolute Gasteiger partial charge is 0.493 e. The molecule has 112 valence electrons. The van der Waals surface area contributed by atoms with Crippen LogP contribution in [0.2, 0.25) is 5.02 Å². The summed E-state index contributed by atoms with van der Waals surface area (Å²) in [6.07, 6.45) is 0.514. The molecule has 0 fully saturated rings. The van der Waals surface area contributed by atoms with Crippen molar-refractivity contribution in [2.24, 2.45) is 5.73 Å². The third-order valence-electron chi connectivity index (χ3n) is 2.95. The molecule has 0 heterocycles. The fraction of sp³-hybridized carbons (Fsp3) is 0.500. The topological polar surface area (TPSA) is 81.8 Å². The van der Waals surface area contributed by atoms with Crippen LogP contribution < -0.4 is 15.2 Å². The van der Waals surface area contributed by atoms with Crippen molar-refractivity contribution in [3.8, 4) is 11.5 Å². The SMILES string of the molecule is CCC(N)Cc1cc(Cl)c(OC(C)C(=O)O)c(OC)c1. The number of benzene rings is 1. The van der Waals surface area contributed by atoms with Crippen LogP contribution in [0.1, 0.15) is 25.8 Å². The summed E-state index contributed by atoms with van der Waals surface area (Å²) < 4.78 is 10.5. The maximum absolute atomic E-state index is 10.8. The summed E-state index contributed by atoms with van der Waals surface area (Å²) in [5.41, 5.74) is 6.84. The number of halogens is 1. The first-order chi connectivity index (χ1) is 9.38. The van der Waals surface area contributed by atoms with Gasteiger partial charge in [-0.2, -0.15) is 0 Å². The summed E-state index contributed by atoms with van der Waals surface area (Å²) >= 11 is 6.15. The van der Waals surface area contributed by atoms with Crippen LogP contribution in [0.3, 0.4) is 0 Å². The lowest BCUT2D eigenvalue weighted by atomic mass is 10.0. The minimum Gasteiger partial charge on any atom is -0.493 e. The van der Waals surface area contributed by atoms with E-state index in [0.717, 1.165) is 12.0 Å². The first kappa shape index (κ1) is 16.6. The number of methoxy groups -OCH3 is 1. The van der Waals surface area contributed by atoms with E-state index in [1.165, 1.54) is 14.0 Å². The average Bonchev–Trinajstić information content (AvgIpc) is 2.40. The zero-order valence-corrected chi connectivity index (χ0v) is 12.6. The van der Waals surface area contributed by atoms with Gasteiger partial charge in [0.05, 0.1) is 12.1 Å². The van der Waals surface area contributed by atoms with Crippen LogP contribution >= 0.6 is 11.6 Å². The third-order valence-corrected chi connectivity index (χ3v) is 3.23. The molecule has 0 saturated carbocycles. The fourth-order valence-electron chi connectivity index (χ4n) is 1.68. The maximum Gasteiger partial charge on any atom is 0.344 e. The first-order valence-corrected chi connectivity index (χ1v) is 6.78. The van der Waals surface area contributed by atoms with Gasteiger partial charge < -0.3 is 20.3 Å². The molecule has 1 aromatic carbocycles. The molecule has 1 aromatic rings. The number of rotatable bonds is 7. The smallest absolute Gasteiger partial charge is 0.344 e. The van der Waals surface area contributed by atoms with E-state index in [1.54, 1.807) is 12.1 Å². The Hall–Kier alpha value is -1.46. The van der Waals surface area contributed by atoms with E-state index in [1.807, 2.05) is 6.92 Å². The van der Waals surface area contributed by atoms with Crippen molar-refractivity contribution in [1.82, 2.24) is 0 Å². The lowest BCUT2D eigenvalue weighted by Crippen LogP contribution is -2.23. The zero-order chi connectivity index (χ0) is 15.3. The van der Waals surface area contributed by atoms with Crippen LogP contribution in [0.4, 0.5) is 0 Å². The number of ether oxygens (including phenoxy) is 2. The van der Waals surface area contributed by atoms with E-state index in [-0.39, 0.29) is 11.8 Å². The maximum atomic E-state index is 10.8. The fourth-order valence-corrected chi connectivity index (χ4v) is 1.96. The van der Waals surface area contributed by atoms with Crippen molar-refractivity contribution in [2.75, 3.05) is 7.11 Å². The second-order valence-electron chi connectivity index (χ2n) is 4.58. The second-order valence-corrected chi connectivity index (χ2v) is 4.99. The highest BCUT2D eigenvalue weighted by atomic mass is 35.5. The summed E-state index contributed by atoms with van der Waals surface area (Å²) in [5, 5.41) is 9.19. The number of hydrogen-bond donors (Lipinski definition) is 2. The van der Waals surface area contributed by atoms with Crippen LogP contribution in [0.25, 0.3) is 0 Å². The Bertz CT molecular complexity index is 478. The molecule has 0 radical (unpaired) electrons. The molecule has 0 aromatic heterocycles. The highest BCUT2D eigenvalue weighted by Crippen LogP contribution is 2.37. The van der Waals surface area contributed by atoms with Gasteiger partial charge in [-0.15, -0.1) is 0 Å². The van der Waals surface area contributed by atoms with Gasteiger partial charge in [-0.3, -0.25) is 0 Å². The van der Waals surface area contributed by atoms with Crippen LogP contribution in [-0.4, -0.2) is 30.3 Å². The molecule has 1 rings (SSSR count). The van der Waals surface area contributed by atoms with Gasteiger partial charge in [-0.05, 0) is 37.5 Å². The van der Waals surface area contributed by atoms with Crippen molar-refractivity contribution in [2.45, 2.75) is 38.8 Å². The molecule has 0 spiro atoms. The Labute approximate surface area is 123 Å². The van der Waals surface area contributed by atoms with Gasteiger partial charge in [0.2, 0.25) is 0 Å². The molecule has 3 N–H and O–H groups in total. The second kappa shape index (κ2) is 7.36. The Morgan fingerprint density at radius 2 is 2.15 bits per heavy atom. The summed E-state index contributed by atoms with van der Waals surface area (Å²) in [6, 6.07) is 3.54. The van der Waals surface area contributed by atoms with Crippen molar-refractivity contribution >= 4 is 17.6 Å². The molecular weight excluding hydrogens is 282 g/mol. The Morgan fingerprint density at radius 3 is 2.65 bits per heavy atom. The Morgan fingerprint density at radius 1 is 1.50 bits per heavy atom.